The lowest BCUT2D eigenvalue weighted by Gasteiger charge is -2.28. The number of alkyl halides is 4. The molecule has 0 aliphatic heterocycles. The van der Waals surface area contributed by atoms with Crippen LogP contribution in [0.1, 0.15) is 6.92 Å². The van der Waals surface area contributed by atoms with Gasteiger partial charge in [0.25, 0.3) is 0 Å². The van der Waals surface area contributed by atoms with Crippen LogP contribution >= 0.6 is 0 Å². The number of ether oxygens (including phenoxy) is 2. The Kier molecular flexibility index (Phi) is 3.46. The molecule has 0 N–H and O–H groups in total. The fourth-order valence-corrected chi connectivity index (χ4v) is 0.599. The monoisotopic (exact) mass is 190 g/mol. The first kappa shape index (κ1) is 11.6. The van der Waals surface area contributed by atoms with Crippen LogP contribution in [0.5, 0.6) is 0 Å². The average molecular weight is 190 g/mol. The summed E-state index contributed by atoms with van der Waals surface area (Å²) in [5.74, 6) is -8.49. The summed E-state index contributed by atoms with van der Waals surface area (Å²) in [5.41, 5.74) is 0. The highest BCUT2D eigenvalue weighted by Gasteiger charge is 2.59. The third-order valence-electron chi connectivity index (χ3n) is 1.31. The Balaban J connectivity index is 4.57. The Hall–Kier alpha value is -0.360. The number of hydrogen-bond acceptors (Lipinski definition) is 2. The number of rotatable bonds is 4. The van der Waals surface area contributed by atoms with Crippen LogP contribution in [0.3, 0.4) is 0 Å². The Labute approximate surface area is 67.5 Å². The van der Waals surface area contributed by atoms with E-state index in [1.165, 1.54) is 0 Å². The van der Waals surface area contributed by atoms with Crippen LogP contribution in [0.15, 0.2) is 0 Å². The molecule has 0 amide bonds. The molecule has 0 heterocycles. The molecule has 0 atom stereocenters. The van der Waals surface area contributed by atoms with Gasteiger partial charge in [0.2, 0.25) is 6.29 Å². The highest BCUT2D eigenvalue weighted by atomic mass is 19.3. The van der Waals surface area contributed by atoms with E-state index in [1.54, 1.807) is 0 Å². The Morgan fingerprint density at radius 2 is 1.33 bits per heavy atom. The molecule has 0 aromatic carbocycles. The van der Waals surface area contributed by atoms with Gasteiger partial charge >= 0.3 is 11.8 Å². The van der Waals surface area contributed by atoms with Gasteiger partial charge in [-0.2, -0.15) is 8.78 Å². The van der Waals surface area contributed by atoms with Crippen LogP contribution < -0.4 is 0 Å². The molecule has 0 fully saturated rings. The van der Waals surface area contributed by atoms with Gasteiger partial charge in [0, 0.05) is 21.1 Å². The Morgan fingerprint density at radius 3 is 1.42 bits per heavy atom. The van der Waals surface area contributed by atoms with Crippen molar-refractivity contribution < 1.29 is 27.0 Å². The largest absolute Gasteiger partial charge is 0.359 e. The van der Waals surface area contributed by atoms with E-state index in [4.69, 9.17) is 0 Å². The normalized spacial score (nSPS) is 14.0. The van der Waals surface area contributed by atoms with Crippen LogP contribution in [0, 0.1) is 0 Å². The second-order valence-electron chi connectivity index (χ2n) is 2.31. The first-order chi connectivity index (χ1) is 5.27. The van der Waals surface area contributed by atoms with E-state index < -0.39 is 18.1 Å². The van der Waals surface area contributed by atoms with Gasteiger partial charge in [0.1, 0.15) is 0 Å². The molecule has 12 heavy (non-hydrogen) atoms. The minimum atomic E-state index is -4.32. The molecule has 0 aliphatic rings. The zero-order valence-corrected chi connectivity index (χ0v) is 6.91. The van der Waals surface area contributed by atoms with Gasteiger partial charge in [-0.1, -0.05) is 0 Å². The van der Waals surface area contributed by atoms with Crippen LogP contribution in [0.25, 0.3) is 0 Å². The lowest BCUT2D eigenvalue weighted by atomic mass is 10.2. The van der Waals surface area contributed by atoms with Crippen LogP contribution in [0.4, 0.5) is 17.6 Å². The highest BCUT2D eigenvalue weighted by Crippen LogP contribution is 2.37. The molecule has 0 radical (unpaired) electrons. The molecule has 0 bridgehead atoms. The maximum atomic E-state index is 12.6. The van der Waals surface area contributed by atoms with Gasteiger partial charge in [0.15, 0.2) is 0 Å². The summed E-state index contributed by atoms with van der Waals surface area (Å²) in [6.07, 6.45) is -2.22. The van der Waals surface area contributed by atoms with E-state index in [1.807, 2.05) is 0 Å². The van der Waals surface area contributed by atoms with Crippen molar-refractivity contribution in [2.75, 3.05) is 14.2 Å². The van der Waals surface area contributed by atoms with Crippen molar-refractivity contribution in [1.82, 2.24) is 0 Å². The molecule has 0 aromatic rings. The Morgan fingerprint density at radius 1 is 1.00 bits per heavy atom. The molecule has 6 heteroatoms. The zero-order chi connectivity index (χ0) is 9.99. The topological polar surface area (TPSA) is 18.5 Å². The van der Waals surface area contributed by atoms with Gasteiger partial charge in [-0.25, -0.2) is 8.78 Å². The third-order valence-corrected chi connectivity index (χ3v) is 1.31. The maximum Gasteiger partial charge on any atom is 0.359 e. The minimum Gasteiger partial charge on any atom is -0.350 e. The van der Waals surface area contributed by atoms with E-state index >= 15 is 0 Å². The van der Waals surface area contributed by atoms with Crippen molar-refractivity contribution in [2.45, 2.75) is 25.1 Å². The maximum absolute atomic E-state index is 12.6. The number of methoxy groups -OCH3 is 2. The fraction of sp³-hybridized carbons (Fsp3) is 1.00. The summed E-state index contributed by atoms with van der Waals surface area (Å²) in [7, 11) is 1.74. The first-order valence-electron chi connectivity index (χ1n) is 3.08. The van der Waals surface area contributed by atoms with E-state index in [9.17, 15) is 17.6 Å². The number of hydrogen-bond donors (Lipinski definition) is 0. The van der Waals surface area contributed by atoms with Crippen LogP contribution in [0.2, 0.25) is 0 Å². The lowest BCUT2D eigenvalue weighted by Crippen LogP contribution is -2.49. The summed E-state index contributed by atoms with van der Waals surface area (Å²) >= 11 is 0. The van der Waals surface area contributed by atoms with Gasteiger partial charge in [-0.05, 0) is 0 Å². The SMILES string of the molecule is COC(OC)C(F)(F)C(C)(F)F. The molecule has 0 rings (SSSR count). The molecule has 74 valence electrons. The van der Waals surface area contributed by atoms with Gasteiger partial charge < -0.3 is 9.47 Å². The summed E-state index contributed by atoms with van der Waals surface area (Å²) in [5, 5.41) is 0. The van der Waals surface area contributed by atoms with Crippen molar-refractivity contribution >= 4 is 0 Å². The molecule has 0 saturated carbocycles. The molecule has 0 aromatic heterocycles. The standard InChI is InChI=1S/C6H10F4O2/c1-5(7,8)6(9,10)4(11-2)12-3/h4H,1-3H3. The average Bonchev–Trinajstić information content (AvgIpc) is 1.87. The van der Waals surface area contributed by atoms with Crippen LogP contribution in [-0.2, 0) is 9.47 Å². The quantitative estimate of drug-likeness (QED) is 0.498. The highest BCUT2D eigenvalue weighted by molar-refractivity contribution is 4.83. The van der Waals surface area contributed by atoms with Crippen molar-refractivity contribution in [3.8, 4) is 0 Å². The van der Waals surface area contributed by atoms with Gasteiger partial charge in [0.05, 0.1) is 0 Å². The molecule has 2 nitrogen and oxygen atoms in total. The summed E-state index contributed by atoms with van der Waals surface area (Å²) in [6, 6.07) is 0. The van der Waals surface area contributed by atoms with Crippen molar-refractivity contribution in [3.63, 3.8) is 0 Å². The fourth-order valence-electron chi connectivity index (χ4n) is 0.599. The smallest absolute Gasteiger partial charge is 0.350 e. The van der Waals surface area contributed by atoms with Crippen molar-refractivity contribution in [2.24, 2.45) is 0 Å². The third kappa shape index (κ3) is 2.07. The van der Waals surface area contributed by atoms with Gasteiger partial charge in [-0.3, -0.25) is 0 Å². The lowest BCUT2D eigenvalue weighted by molar-refractivity contribution is -0.310. The molecule has 0 spiro atoms. The van der Waals surface area contributed by atoms with Crippen molar-refractivity contribution in [1.29, 1.82) is 0 Å². The van der Waals surface area contributed by atoms with Crippen LogP contribution in [-0.4, -0.2) is 32.4 Å². The summed E-state index contributed by atoms with van der Waals surface area (Å²) < 4.78 is 57.7. The molecular formula is C6H10F4O2. The molecule has 0 aliphatic carbocycles. The number of halogens is 4. The van der Waals surface area contributed by atoms with E-state index in [0.29, 0.717) is 0 Å². The molecular weight excluding hydrogens is 180 g/mol. The summed E-state index contributed by atoms with van der Waals surface area (Å²) in [4.78, 5) is 0. The molecule has 0 unspecified atom stereocenters. The van der Waals surface area contributed by atoms with Crippen molar-refractivity contribution in [3.05, 3.63) is 0 Å². The Bertz CT molecular complexity index is 139. The minimum absolute atomic E-state index is 0.109. The zero-order valence-electron chi connectivity index (χ0n) is 6.91. The predicted octanol–water partition coefficient (Wildman–Crippen LogP) is 1.90. The van der Waals surface area contributed by atoms with E-state index in [0.717, 1.165) is 14.2 Å². The summed E-state index contributed by atoms with van der Waals surface area (Å²) in [6.45, 7) is 0.109. The molecule has 0 saturated heterocycles. The second kappa shape index (κ2) is 3.57. The van der Waals surface area contributed by atoms with Gasteiger partial charge in [-0.15, -0.1) is 0 Å². The van der Waals surface area contributed by atoms with E-state index in [-0.39, 0.29) is 6.92 Å². The first-order valence-corrected chi connectivity index (χ1v) is 3.08. The van der Waals surface area contributed by atoms with E-state index in [2.05, 4.69) is 9.47 Å². The predicted molar refractivity (Wildman–Crippen MR) is 33.4 cm³/mol. The second-order valence-corrected chi connectivity index (χ2v) is 2.31.